The summed E-state index contributed by atoms with van der Waals surface area (Å²) in [6.45, 7) is 1.84. The van der Waals surface area contributed by atoms with Gasteiger partial charge in [0, 0.05) is 11.1 Å². The molecule has 0 aliphatic carbocycles. The number of carboxylic acid groups (broad SMARTS) is 1. The maximum atomic E-state index is 11.0. The summed E-state index contributed by atoms with van der Waals surface area (Å²) in [5.74, 6) is -1.04. The van der Waals surface area contributed by atoms with Gasteiger partial charge < -0.3 is 10.4 Å². The van der Waals surface area contributed by atoms with Gasteiger partial charge in [-0.2, -0.15) is 0 Å². The molecule has 0 aliphatic rings. The molecule has 7 heteroatoms. The van der Waals surface area contributed by atoms with Crippen molar-refractivity contribution in [2.45, 2.75) is 25.8 Å². The van der Waals surface area contributed by atoms with Crippen molar-refractivity contribution in [1.29, 1.82) is 0 Å². The Labute approximate surface area is 109 Å². The first-order valence-corrected chi connectivity index (χ1v) is 5.76. The maximum Gasteiger partial charge on any atom is 0.326 e. The lowest BCUT2D eigenvalue weighted by molar-refractivity contribution is -0.384. The number of nitro groups is 1. The van der Waals surface area contributed by atoms with Crippen LogP contribution in [0.25, 0.3) is 0 Å². The third-order valence-corrected chi connectivity index (χ3v) is 2.60. The minimum Gasteiger partial charge on any atom is -0.480 e. The summed E-state index contributed by atoms with van der Waals surface area (Å²) in [6, 6.07) is 3.22. The Balaban J connectivity index is 3.01. The molecule has 1 aromatic carbocycles. The minimum atomic E-state index is -1.04. The van der Waals surface area contributed by atoms with Gasteiger partial charge >= 0.3 is 5.97 Å². The summed E-state index contributed by atoms with van der Waals surface area (Å²) in [5, 5.41) is 22.7. The van der Waals surface area contributed by atoms with E-state index in [0.717, 1.165) is 0 Å². The zero-order chi connectivity index (χ0) is 13.7. The first-order valence-electron chi connectivity index (χ1n) is 5.39. The van der Waals surface area contributed by atoms with E-state index < -0.39 is 16.9 Å². The highest BCUT2D eigenvalue weighted by Crippen LogP contribution is 2.28. The smallest absolute Gasteiger partial charge is 0.326 e. The van der Waals surface area contributed by atoms with Crippen molar-refractivity contribution < 1.29 is 14.8 Å². The number of halogens is 1. The monoisotopic (exact) mass is 272 g/mol. The van der Waals surface area contributed by atoms with Crippen LogP contribution in [-0.4, -0.2) is 22.0 Å². The number of nitrogens with zero attached hydrogens (tertiary/aromatic N) is 1. The predicted octanol–water partition coefficient (Wildman–Crippen LogP) is 2.91. The summed E-state index contributed by atoms with van der Waals surface area (Å²) < 4.78 is 0. The van der Waals surface area contributed by atoms with E-state index in [4.69, 9.17) is 16.7 Å². The highest BCUT2D eigenvalue weighted by atomic mass is 35.5. The lowest BCUT2D eigenvalue weighted by atomic mass is 10.1. The molecule has 0 spiro atoms. The van der Waals surface area contributed by atoms with Crippen molar-refractivity contribution >= 4 is 28.9 Å². The summed E-state index contributed by atoms with van der Waals surface area (Å²) >= 11 is 5.67. The number of carbonyl (C=O) groups is 1. The molecule has 0 amide bonds. The molecule has 18 heavy (non-hydrogen) atoms. The van der Waals surface area contributed by atoms with Crippen LogP contribution in [0.2, 0.25) is 5.02 Å². The first kappa shape index (κ1) is 14.2. The predicted molar refractivity (Wildman–Crippen MR) is 68.1 cm³/mol. The average Bonchev–Trinajstić information content (AvgIpc) is 2.30. The van der Waals surface area contributed by atoms with Crippen LogP contribution in [0.5, 0.6) is 0 Å². The van der Waals surface area contributed by atoms with E-state index in [1.165, 1.54) is 18.2 Å². The second-order valence-corrected chi connectivity index (χ2v) is 4.18. The van der Waals surface area contributed by atoms with E-state index in [0.29, 0.717) is 12.8 Å². The molecule has 98 valence electrons. The van der Waals surface area contributed by atoms with Crippen LogP contribution in [0.1, 0.15) is 19.8 Å². The van der Waals surface area contributed by atoms with Crippen LogP contribution in [0.3, 0.4) is 0 Å². The Morgan fingerprint density at radius 2 is 2.28 bits per heavy atom. The minimum absolute atomic E-state index is 0.158. The zero-order valence-electron chi connectivity index (χ0n) is 9.72. The molecule has 0 saturated carbocycles. The number of nitro benzene ring substituents is 1. The molecule has 1 aromatic rings. The normalized spacial score (nSPS) is 11.9. The van der Waals surface area contributed by atoms with Crippen molar-refractivity contribution in [3.05, 3.63) is 33.3 Å². The molecule has 6 nitrogen and oxygen atoms in total. The summed E-state index contributed by atoms with van der Waals surface area (Å²) in [7, 11) is 0. The molecule has 1 unspecified atom stereocenters. The van der Waals surface area contributed by atoms with Crippen molar-refractivity contribution in [2.75, 3.05) is 5.32 Å². The Hall–Kier alpha value is -1.82. The molecular weight excluding hydrogens is 260 g/mol. The SMILES string of the molecule is CCCC(Nc1ccc(Cl)cc1[N+](=O)[O-])C(=O)O. The highest BCUT2D eigenvalue weighted by molar-refractivity contribution is 6.30. The van der Waals surface area contributed by atoms with Crippen molar-refractivity contribution in [3.8, 4) is 0 Å². The largest absolute Gasteiger partial charge is 0.480 e. The quantitative estimate of drug-likeness (QED) is 0.613. The van der Waals surface area contributed by atoms with Crippen molar-refractivity contribution in [1.82, 2.24) is 0 Å². The fourth-order valence-corrected chi connectivity index (χ4v) is 1.68. The molecule has 0 aromatic heterocycles. The van der Waals surface area contributed by atoms with Gasteiger partial charge in [-0.3, -0.25) is 10.1 Å². The Morgan fingerprint density at radius 1 is 1.61 bits per heavy atom. The van der Waals surface area contributed by atoms with Crippen LogP contribution in [0.15, 0.2) is 18.2 Å². The van der Waals surface area contributed by atoms with E-state index in [1.807, 2.05) is 6.92 Å². The zero-order valence-corrected chi connectivity index (χ0v) is 10.5. The second kappa shape index (κ2) is 6.20. The second-order valence-electron chi connectivity index (χ2n) is 3.74. The molecule has 0 heterocycles. The molecular formula is C11H13ClN2O4. The van der Waals surface area contributed by atoms with Crippen molar-refractivity contribution in [2.24, 2.45) is 0 Å². The summed E-state index contributed by atoms with van der Waals surface area (Å²) in [5.41, 5.74) is -0.0740. The number of anilines is 1. The Kier molecular flexibility index (Phi) is 4.91. The molecule has 0 radical (unpaired) electrons. The standard InChI is InChI=1S/C11H13ClN2O4/c1-2-3-9(11(15)16)13-8-5-4-7(12)6-10(8)14(17)18/h4-6,9,13H,2-3H2,1H3,(H,15,16). The summed E-state index contributed by atoms with van der Waals surface area (Å²) in [6.07, 6.45) is 1.04. The lowest BCUT2D eigenvalue weighted by Gasteiger charge is -2.14. The fraction of sp³-hybridized carbons (Fsp3) is 0.364. The van der Waals surface area contributed by atoms with Gasteiger partial charge in [0.25, 0.3) is 5.69 Å². The van der Waals surface area contributed by atoms with Gasteiger partial charge in [-0.05, 0) is 18.6 Å². The number of benzene rings is 1. The van der Waals surface area contributed by atoms with Crippen LogP contribution >= 0.6 is 11.6 Å². The fourth-order valence-electron chi connectivity index (χ4n) is 1.51. The van der Waals surface area contributed by atoms with Crippen LogP contribution in [0, 0.1) is 10.1 Å². The molecule has 0 aliphatic heterocycles. The van der Waals surface area contributed by atoms with Gasteiger partial charge in [0.05, 0.1) is 4.92 Å². The number of hydrogen-bond donors (Lipinski definition) is 2. The number of aliphatic carboxylic acids is 1. The lowest BCUT2D eigenvalue weighted by Crippen LogP contribution is -2.29. The van der Waals surface area contributed by atoms with E-state index >= 15 is 0 Å². The third kappa shape index (κ3) is 3.59. The molecule has 2 N–H and O–H groups in total. The van der Waals surface area contributed by atoms with E-state index in [2.05, 4.69) is 5.32 Å². The molecule has 1 rings (SSSR count). The maximum absolute atomic E-state index is 11.0. The van der Waals surface area contributed by atoms with E-state index in [-0.39, 0.29) is 16.4 Å². The number of nitrogens with one attached hydrogen (secondary N) is 1. The van der Waals surface area contributed by atoms with Gasteiger partial charge in [-0.1, -0.05) is 24.9 Å². The van der Waals surface area contributed by atoms with Crippen molar-refractivity contribution in [3.63, 3.8) is 0 Å². The molecule has 0 saturated heterocycles. The highest BCUT2D eigenvalue weighted by Gasteiger charge is 2.21. The molecule has 1 atom stereocenters. The third-order valence-electron chi connectivity index (χ3n) is 2.36. The van der Waals surface area contributed by atoms with Gasteiger partial charge in [-0.15, -0.1) is 0 Å². The Bertz CT molecular complexity index is 464. The van der Waals surface area contributed by atoms with Crippen LogP contribution < -0.4 is 5.32 Å². The van der Waals surface area contributed by atoms with Gasteiger partial charge in [0.1, 0.15) is 11.7 Å². The topological polar surface area (TPSA) is 92.5 Å². The van der Waals surface area contributed by atoms with Crippen LogP contribution in [-0.2, 0) is 4.79 Å². The molecule has 0 bridgehead atoms. The van der Waals surface area contributed by atoms with Crippen LogP contribution in [0.4, 0.5) is 11.4 Å². The van der Waals surface area contributed by atoms with Gasteiger partial charge in [0.2, 0.25) is 0 Å². The number of rotatable bonds is 6. The van der Waals surface area contributed by atoms with Gasteiger partial charge in [0.15, 0.2) is 0 Å². The van der Waals surface area contributed by atoms with E-state index in [9.17, 15) is 14.9 Å². The number of hydrogen-bond acceptors (Lipinski definition) is 4. The molecule has 0 fully saturated rings. The van der Waals surface area contributed by atoms with Gasteiger partial charge in [-0.25, -0.2) is 4.79 Å². The Morgan fingerprint density at radius 3 is 2.78 bits per heavy atom. The van der Waals surface area contributed by atoms with E-state index in [1.54, 1.807) is 0 Å². The summed E-state index contributed by atoms with van der Waals surface area (Å²) in [4.78, 5) is 21.2. The number of carboxylic acids is 1. The average molecular weight is 273 g/mol. The first-order chi connectivity index (χ1) is 8.45.